The lowest BCUT2D eigenvalue weighted by atomic mass is 9.95. The number of carbonyl (C=O) groups is 2. The Balaban J connectivity index is 1.47. The monoisotopic (exact) mass is 491 g/mol. The SMILES string of the molecule is CCOC(=O)c1c(NC(=O)Cn2nc(C)c3cnn(-c4ccccc4)c3c2=O)sc2c1CCCC2. The quantitative estimate of drug-likeness (QED) is 0.413. The Morgan fingerprint density at radius 1 is 1.17 bits per heavy atom. The highest BCUT2D eigenvalue weighted by Crippen LogP contribution is 2.38. The van der Waals surface area contributed by atoms with Crippen molar-refractivity contribution in [3.05, 3.63) is 68.6 Å². The van der Waals surface area contributed by atoms with Gasteiger partial charge in [0.1, 0.15) is 17.1 Å². The summed E-state index contributed by atoms with van der Waals surface area (Å²) in [5.74, 6) is -0.866. The standard InChI is InChI=1S/C25H25N5O4S/c1-3-34-25(33)21-17-11-7-8-12-19(17)35-23(21)27-20(31)14-29-24(32)22-18(15(2)28-29)13-26-30(22)16-9-5-4-6-10-16/h4-6,9-10,13H,3,7-8,11-12,14H2,1-2H3,(H,27,31). The van der Waals surface area contributed by atoms with Gasteiger partial charge in [0.15, 0.2) is 0 Å². The third-order valence-corrected chi connectivity index (χ3v) is 7.27. The van der Waals surface area contributed by atoms with Gasteiger partial charge in [0.25, 0.3) is 5.56 Å². The summed E-state index contributed by atoms with van der Waals surface area (Å²) in [5.41, 5.74) is 2.68. The lowest BCUT2D eigenvalue weighted by Gasteiger charge is -2.12. The van der Waals surface area contributed by atoms with Gasteiger partial charge >= 0.3 is 5.97 Å². The molecule has 1 aliphatic rings. The Kier molecular flexibility index (Phi) is 6.21. The first-order valence-corrected chi connectivity index (χ1v) is 12.4. The fraction of sp³-hybridized carbons (Fsp3) is 0.320. The van der Waals surface area contributed by atoms with Gasteiger partial charge in [-0.1, -0.05) is 18.2 Å². The number of anilines is 1. The molecule has 10 heteroatoms. The summed E-state index contributed by atoms with van der Waals surface area (Å²) < 4.78 is 7.97. The number of aryl methyl sites for hydroxylation is 2. The van der Waals surface area contributed by atoms with Crippen molar-refractivity contribution >= 4 is 39.1 Å². The summed E-state index contributed by atoms with van der Waals surface area (Å²) >= 11 is 1.41. The maximum absolute atomic E-state index is 13.3. The molecule has 0 atom stereocenters. The number of carbonyl (C=O) groups excluding carboxylic acids is 2. The number of ether oxygens (including phenoxy) is 1. The number of hydrogen-bond acceptors (Lipinski definition) is 7. The van der Waals surface area contributed by atoms with Crippen molar-refractivity contribution in [1.29, 1.82) is 0 Å². The normalized spacial score (nSPS) is 13.0. The molecule has 0 saturated heterocycles. The third kappa shape index (κ3) is 4.25. The molecule has 1 aromatic carbocycles. The minimum absolute atomic E-state index is 0.255. The number of benzene rings is 1. The summed E-state index contributed by atoms with van der Waals surface area (Å²) in [6.45, 7) is 3.50. The first-order chi connectivity index (χ1) is 17.0. The number of nitrogens with zero attached hydrogens (tertiary/aromatic N) is 4. The van der Waals surface area contributed by atoms with E-state index in [9.17, 15) is 14.4 Å². The van der Waals surface area contributed by atoms with Gasteiger partial charge in [-0.3, -0.25) is 9.59 Å². The summed E-state index contributed by atoms with van der Waals surface area (Å²) in [7, 11) is 0. The predicted molar refractivity (Wildman–Crippen MR) is 133 cm³/mol. The highest BCUT2D eigenvalue weighted by atomic mass is 32.1. The average Bonchev–Trinajstić information content (AvgIpc) is 3.45. The van der Waals surface area contributed by atoms with Crippen molar-refractivity contribution in [3.63, 3.8) is 0 Å². The van der Waals surface area contributed by atoms with Gasteiger partial charge < -0.3 is 10.1 Å². The zero-order valence-corrected chi connectivity index (χ0v) is 20.4. The maximum atomic E-state index is 13.3. The molecule has 1 N–H and O–H groups in total. The molecule has 5 rings (SSSR count). The summed E-state index contributed by atoms with van der Waals surface area (Å²) in [6, 6.07) is 9.33. The lowest BCUT2D eigenvalue weighted by molar-refractivity contribution is -0.116. The van der Waals surface area contributed by atoms with Crippen LogP contribution in [-0.4, -0.2) is 38.0 Å². The fourth-order valence-electron chi connectivity index (χ4n) is 4.47. The minimum Gasteiger partial charge on any atom is -0.462 e. The molecule has 0 saturated carbocycles. The second-order valence-electron chi connectivity index (χ2n) is 8.39. The molecule has 4 aromatic rings. The molecule has 3 aromatic heterocycles. The number of hydrogen-bond donors (Lipinski definition) is 1. The molecule has 1 aliphatic carbocycles. The number of para-hydroxylation sites is 1. The van der Waals surface area contributed by atoms with Gasteiger partial charge in [0.2, 0.25) is 5.91 Å². The Labute approximate surface area is 205 Å². The van der Waals surface area contributed by atoms with Crippen LogP contribution in [0.5, 0.6) is 0 Å². The number of esters is 1. The van der Waals surface area contributed by atoms with Gasteiger partial charge in [0, 0.05) is 10.3 Å². The van der Waals surface area contributed by atoms with Gasteiger partial charge in [-0.2, -0.15) is 10.2 Å². The van der Waals surface area contributed by atoms with Gasteiger partial charge in [-0.15, -0.1) is 11.3 Å². The second-order valence-corrected chi connectivity index (χ2v) is 9.49. The van der Waals surface area contributed by atoms with Gasteiger partial charge in [0.05, 0.1) is 29.7 Å². The molecule has 9 nitrogen and oxygen atoms in total. The van der Waals surface area contributed by atoms with Crippen LogP contribution in [0.15, 0.2) is 41.3 Å². The van der Waals surface area contributed by atoms with E-state index in [1.54, 1.807) is 24.7 Å². The number of amides is 1. The van der Waals surface area contributed by atoms with E-state index in [0.29, 0.717) is 27.2 Å². The Hall–Kier alpha value is -3.79. The molecule has 180 valence electrons. The third-order valence-electron chi connectivity index (χ3n) is 6.06. The van der Waals surface area contributed by atoms with Crippen LogP contribution in [0.25, 0.3) is 16.6 Å². The van der Waals surface area contributed by atoms with Crippen LogP contribution in [-0.2, 0) is 28.9 Å². The Morgan fingerprint density at radius 2 is 1.94 bits per heavy atom. The van der Waals surface area contributed by atoms with E-state index in [4.69, 9.17) is 4.74 Å². The molecule has 3 heterocycles. The molecule has 0 unspecified atom stereocenters. The fourth-order valence-corrected chi connectivity index (χ4v) is 5.76. The highest BCUT2D eigenvalue weighted by molar-refractivity contribution is 7.17. The van der Waals surface area contributed by atoms with Crippen molar-refractivity contribution in [2.75, 3.05) is 11.9 Å². The van der Waals surface area contributed by atoms with Crippen molar-refractivity contribution in [1.82, 2.24) is 19.6 Å². The maximum Gasteiger partial charge on any atom is 0.341 e. The van der Waals surface area contributed by atoms with Crippen LogP contribution < -0.4 is 10.9 Å². The van der Waals surface area contributed by atoms with E-state index in [1.165, 1.54) is 11.3 Å². The van der Waals surface area contributed by atoms with E-state index in [2.05, 4.69) is 15.5 Å². The molecule has 1 amide bonds. The predicted octanol–water partition coefficient (Wildman–Crippen LogP) is 3.65. The van der Waals surface area contributed by atoms with E-state index in [0.717, 1.165) is 46.5 Å². The molecule has 0 radical (unpaired) electrons. The van der Waals surface area contributed by atoms with Crippen molar-refractivity contribution in [2.24, 2.45) is 0 Å². The molecular weight excluding hydrogens is 466 g/mol. The average molecular weight is 492 g/mol. The minimum atomic E-state index is -0.437. The van der Waals surface area contributed by atoms with Crippen LogP contribution in [0.4, 0.5) is 5.00 Å². The van der Waals surface area contributed by atoms with E-state index < -0.39 is 17.4 Å². The first kappa shape index (κ1) is 23.0. The summed E-state index contributed by atoms with van der Waals surface area (Å²) in [6.07, 6.45) is 5.32. The zero-order valence-electron chi connectivity index (χ0n) is 19.5. The number of fused-ring (bicyclic) bond motifs is 2. The van der Waals surface area contributed by atoms with Crippen molar-refractivity contribution < 1.29 is 14.3 Å². The van der Waals surface area contributed by atoms with Crippen LogP contribution >= 0.6 is 11.3 Å². The summed E-state index contributed by atoms with van der Waals surface area (Å²) in [5, 5.41) is 12.7. The number of rotatable bonds is 6. The molecule has 0 bridgehead atoms. The van der Waals surface area contributed by atoms with E-state index >= 15 is 0 Å². The first-order valence-electron chi connectivity index (χ1n) is 11.6. The zero-order chi connectivity index (χ0) is 24.5. The van der Waals surface area contributed by atoms with E-state index in [-0.39, 0.29) is 13.2 Å². The Morgan fingerprint density at radius 3 is 2.71 bits per heavy atom. The number of thiophene rings is 1. The molecule has 0 aliphatic heterocycles. The molecule has 0 spiro atoms. The van der Waals surface area contributed by atoms with Gasteiger partial charge in [-0.05, 0) is 57.2 Å². The van der Waals surface area contributed by atoms with Crippen molar-refractivity contribution in [2.45, 2.75) is 46.1 Å². The van der Waals surface area contributed by atoms with Crippen LogP contribution in [0.3, 0.4) is 0 Å². The number of nitrogens with one attached hydrogen (secondary N) is 1. The van der Waals surface area contributed by atoms with Crippen LogP contribution in [0.2, 0.25) is 0 Å². The van der Waals surface area contributed by atoms with Crippen LogP contribution in [0, 0.1) is 6.92 Å². The number of aromatic nitrogens is 4. The van der Waals surface area contributed by atoms with Gasteiger partial charge in [-0.25, -0.2) is 14.2 Å². The van der Waals surface area contributed by atoms with E-state index in [1.807, 2.05) is 30.3 Å². The molecule has 35 heavy (non-hydrogen) atoms. The Bertz CT molecular complexity index is 1490. The highest BCUT2D eigenvalue weighted by Gasteiger charge is 2.27. The largest absolute Gasteiger partial charge is 0.462 e. The topological polar surface area (TPSA) is 108 Å². The van der Waals surface area contributed by atoms with Crippen molar-refractivity contribution in [3.8, 4) is 5.69 Å². The molecular formula is C25H25N5O4S. The second kappa shape index (κ2) is 9.46. The smallest absolute Gasteiger partial charge is 0.341 e. The summed E-state index contributed by atoms with van der Waals surface area (Å²) in [4.78, 5) is 40.2. The van der Waals surface area contributed by atoms with Crippen LogP contribution in [0.1, 0.15) is 46.3 Å². The lowest BCUT2D eigenvalue weighted by Crippen LogP contribution is -2.31. The molecule has 0 fully saturated rings.